The van der Waals surface area contributed by atoms with Gasteiger partial charge < -0.3 is 20.5 Å². The van der Waals surface area contributed by atoms with E-state index in [0.29, 0.717) is 30.2 Å². The van der Waals surface area contributed by atoms with Gasteiger partial charge in [-0.05, 0) is 26.0 Å². The van der Waals surface area contributed by atoms with Crippen molar-refractivity contribution in [1.82, 2.24) is 9.88 Å². The van der Waals surface area contributed by atoms with Crippen LogP contribution >= 0.6 is 0 Å². The number of nitrogens with zero attached hydrogens (tertiary/aromatic N) is 2. The zero-order valence-corrected chi connectivity index (χ0v) is 16.4. The van der Waals surface area contributed by atoms with Crippen molar-refractivity contribution in [3.8, 4) is 23.3 Å². The lowest BCUT2D eigenvalue weighted by Gasteiger charge is -2.37. The fourth-order valence-electron chi connectivity index (χ4n) is 2.94. The second-order valence-corrected chi connectivity index (χ2v) is 6.98. The van der Waals surface area contributed by atoms with Gasteiger partial charge in [0.2, 0.25) is 0 Å². The topological polar surface area (TPSA) is 72.6 Å². The number of benzene rings is 1. The number of halogens is 1. The van der Waals surface area contributed by atoms with Crippen LogP contribution in [0.1, 0.15) is 19.4 Å². The van der Waals surface area contributed by atoms with Gasteiger partial charge in [0.05, 0.1) is 18.8 Å². The first-order valence-electron chi connectivity index (χ1n) is 9.16. The third kappa shape index (κ3) is 4.53. The molecular weight excluding hydrogens is 359 g/mol. The van der Waals surface area contributed by atoms with Gasteiger partial charge in [0.25, 0.3) is 0 Å². The molecule has 1 aliphatic rings. The lowest BCUT2D eigenvalue weighted by Crippen LogP contribution is -2.49. The average molecular weight is 384 g/mol. The summed E-state index contributed by atoms with van der Waals surface area (Å²) in [5.74, 6) is 6.60. The summed E-state index contributed by atoms with van der Waals surface area (Å²) in [6, 6.07) is 6.29. The number of rotatable bonds is 4. The van der Waals surface area contributed by atoms with Crippen LogP contribution in [0.2, 0.25) is 0 Å². The van der Waals surface area contributed by atoms with Crippen LogP contribution in [0.15, 0.2) is 30.5 Å². The Morgan fingerprint density at radius 3 is 2.68 bits per heavy atom. The van der Waals surface area contributed by atoms with Crippen molar-refractivity contribution in [2.75, 3.05) is 44.4 Å². The molecule has 0 atom stereocenters. The molecule has 2 aromatic rings. The third-order valence-corrected chi connectivity index (χ3v) is 4.68. The molecular formula is C21H25FN4O2. The number of nitrogens with two attached hydrogens (primary N) is 1. The van der Waals surface area contributed by atoms with Crippen molar-refractivity contribution >= 4 is 11.5 Å². The molecule has 0 radical (unpaired) electrons. The van der Waals surface area contributed by atoms with E-state index in [1.54, 1.807) is 25.2 Å². The standard InChI is InChI=1S/C21H25FN4O2/c1-21(2,26-10-12-27-13-11-26)8-6-16-18(7-9-25-20(16)23)28-19-5-4-15(24-3)14-17(19)22/h4-5,7,9,14,24H,10-13H2,1-3H3,(H2,23,25). The molecule has 28 heavy (non-hydrogen) atoms. The second kappa shape index (κ2) is 8.46. The predicted octanol–water partition coefficient (Wildman–Crippen LogP) is 3.10. The van der Waals surface area contributed by atoms with Gasteiger partial charge >= 0.3 is 0 Å². The minimum Gasteiger partial charge on any atom is -0.453 e. The van der Waals surface area contributed by atoms with Gasteiger partial charge in [-0.1, -0.05) is 11.8 Å². The average Bonchev–Trinajstić information content (AvgIpc) is 2.69. The van der Waals surface area contributed by atoms with E-state index in [-0.39, 0.29) is 17.1 Å². The Morgan fingerprint density at radius 1 is 1.25 bits per heavy atom. The monoisotopic (exact) mass is 384 g/mol. The number of nitrogen functional groups attached to an aromatic ring is 1. The molecule has 0 aliphatic carbocycles. The molecule has 3 rings (SSSR count). The minimum absolute atomic E-state index is 0.0973. The Hall–Kier alpha value is -2.82. The molecule has 148 valence electrons. The molecule has 1 aromatic carbocycles. The van der Waals surface area contributed by atoms with Crippen LogP contribution in [-0.4, -0.2) is 48.8 Å². The normalized spacial score (nSPS) is 14.9. The molecule has 0 saturated carbocycles. The molecule has 1 aliphatic heterocycles. The molecule has 0 spiro atoms. The summed E-state index contributed by atoms with van der Waals surface area (Å²) in [6.07, 6.45) is 1.52. The molecule has 3 N–H and O–H groups in total. The first kappa shape index (κ1) is 19.9. The van der Waals surface area contributed by atoms with E-state index in [1.165, 1.54) is 12.3 Å². The van der Waals surface area contributed by atoms with Gasteiger partial charge in [0.1, 0.15) is 17.1 Å². The van der Waals surface area contributed by atoms with Gasteiger partial charge in [-0.3, -0.25) is 4.90 Å². The van der Waals surface area contributed by atoms with Gasteiger partial charge in [0, 0.05) is 44.2 Å². The Balaban J connectivity index is 1.89. The van der Waals surface area contributed by atoms with Crippen LogP contribution in [0, 0.1) is 17.7 Å². The van der Waals surface area contributed by atoms with Crippen LogP contribution < -0.4 is 15.8 Å². The van der Waals surface area contributed by atoms with Gasteiger partial charge in [-0.2, -0.15) is 0 Å². The maximum Gasteiger partial charge on any atom is 0.167 e. The number of anilines is 2. The van der Waals surface area contributed by atoms with E-state index in [9.17, 15) is 4.39 Å². The molecule has 6 nitrogen and oxygen atoms in total. The summed E-state index contributed by atoms with van der Waals surface area (Å²) < 4.78 is 25.5. The fourth-order valence-corrected chi connectivity index (χ4v) is 2.94. The molecule has 1 saturated heterocycles. The smallest absolute Gasteiger partial charge is 0.167 e. The first-order chi connectivity index (χ1) is 13.4. The number of nitrogens with one attached hydrogen (secondary N) is 1. The van der Waals surface area contributed by atoms with E-state index in [2.05, 4.69) is 40.9 Å². The molecule has 7 heteroatoms. The molecule has 0 unspecified atom stereocenters. The van der Waals surface area contributed by atoms with E-state index >= 15 is 0 Å². The second-order valence-electron chi connectivity index (χ2n) is 6.98. The van der Waals surface area contributed by atoms with E-state index in [0.717, 1.165) is 13.1 Å². The predicted molar refractivity (Wildman–Crippen MR) is 108 cm³/mol. The molecule has 1 fully saturated rings. The minimum atomic E-state index is -0.477. The highest BCUT2D eigenvalue weighted by Gasteiger charge is 2.26. The van der Waals surface area contributed by atoms with E-state index in [4.69, 9.17) is 15.2 Å². The Kier molecular flexibility index (Phi) is 6.02. The van der Waals surface area contributed by atoms with Gasteiger partial charge in [-0.15, -0.1) is 0 Å². The van der Waals surface area contributed by atoms with Crippen LogP contribution in [0.3, 0.4) is 0 Å². The van der Waals surface area contributed by atoms with Crippen LogP contribution in [0.5, 0.6) is 11.5 Å². The Morgan fingerprint density at radius 2 is 2.00 bits per heavy atom. The van der Waals surface area contributed by atoms with E-state index < -0.39 is 5.82 Å². The fraction of sp³-hybridized carbons (Fsp3) is 0.381. The van der Waals surface area contributed by atoms with Crippen molar-refractivity contribution in [3.05, 3.63) is 41.8 Å². The highest BCUT2D eigenvalue weighted by Crippen LogP contribution is 2.30. The molecule has 2 heterocycles. The summed E-state index contributed by atoms with van der Waals surface area (Å²) in [6.45, 7) is 7.11. The van der Waals surface area contributed by atoms with Crippen molar-refractivity contribution in [2.24, 2.45) is 0 Å². The summed E-state index contributed by atoms with van der Waals surface area (Å²) in [4.78, 5) is 6.36. The zero-order valence-electron chi connectivity index (χ0n) is 16.4. The maximum atomic E-state index is 14.3. The summed E-state index contributed by atoms with van der Waals surface area (Å²) in [5, 5.41) is 2.89. The SMILES string of the molecule is CNc1ccc(Oc2ccnc(N)c2C#CC(C)(C)N2CCOCC2)c(F)c1. The van der Waals surface area contributed by atoms with Crippen LogP contribution in [0.4, 0.5) is 15.9 Å². The van der Waals surface area contributed by atoms with E-state index in [1.807, 2.05) is 0 Å². The van der Waals surface area contributed by atoms with Crippen molar-refractivity contribution in [2.45, 2.75) is 19.4 Å². The summed E-state index contributed by atoms with van der Waals surface area (Å²) >= 11 is 0. The van der Waals surface area contributed by atoms with Crippen LogP contribution in [0.25, 0.3) is 0 Å². The van der Waals surface area contributed by atoms with Crippen molar-refractivity contribution < 1.29 is 13.9 Å². The summed E-state index contributed by atoms with van der Waals surface area (Å²) in [7, 11) is 1.72. The molecule has 0 bridgehead atoms. The molecule has 0 amide bonds. The number of pyridine rings is 1. The quantitative estimate of drug-likeness (QED) is 0.790. The number of aromatic nitrogens is 1. The van der Waals surface area contributed by atoms with Gasteiger partial charge in [0.15, 0.2) is 11.6 Å². The summed E-state index contributed by atoms with van der Waals surface area (Å²) in [5.41, 5.74) is 6.77. The lowest BCUT2D eigenvalue weighted by molar-refractivity contribution is 0.00739. The number of ether oxygens (including phenoxy) is 2. The van der Waals surface area contributed by atoms with Gasteiger partial charge in [-0.25, -0.2) is 9.37 Å². The largest absolute Gasteiger partial charge is 0.453 e. The first-order valence-corrected chi connectivity index (χ1v) is 9.16. The third-order valence-electron chi connectivity index (χ3n) is 4.68. The zero-order chi connectivity index (χ0) is 20.1. The highest BCUT2D eigenvalue weighted by atomic mass is 19.1. The number of morpholine rings is 1. The maximum absolute atomic E-state index is 14.3. The highest BCUT2D eigenvalue weighted by molar-refractivity contribution is 5.60. The molecule has 1 aromatic heterocycles. The van der Waals surface area contributed by atoms with Crippen molar-refractivity contribution in [3.63, 3.8) is 0 Å². The lowest BCUT2D eigenvalue weighted by atomic mass is 10.0. The van der Waals surface area contributed by atoms with Crippen LogP contribution in [-0.2, 0) is 4.74 Å². The number of hydrogen-bond donors (Lipinski definition) is 2. The van der Waals surface area contributed by atoms with Crippen molar-refractivity contribution in [1.29, 1.82) is 0 Å². The Bertz CT molecular complexity index is 899. The Labute approximate surface area is 164 Å². The number of hydrogen-bond acceptors (Lipinski definition) is 6.